The first-order valence-corrected chi connectivity index (χ1v) is 12.7. The zero-order valence-corrected chi connectivity index (χ0v) is 22.6. The molecule has 0 saturated carbocycles. The zero-order chi connectivity index (χ0) is 29.6. The second kappa shape index (κ2) is 10.4. The summed E-state index contributed by atoms with van der Waals surface area (Å²) in [7, 11) is 1.24. The Balaban J connectivity index is 1.63. The molecule has 40 heavy (non-hydrogen) atoms. The van der Waals surface area contributed by atoms with E-state index in [-0.39, 0.29) is 18.7 Å². The Morgan fingerprint density at radius 1 is 1.27 bits per heavy atom. The average Bonchev–Trinajstić information content (AvgIpc) is 3.39. The summed E-state index contributed by atoms with van der Waals surface area (Å²) >= 11 is 6.16. The SMILES string of the molecule is CN(C(=O)Cc1cccc(C(F)(F)F)n1)[C@@H](CC(C)(C)F)C(=O)N1C[C@]2(CC1C#N)C(=O)Nc1ccc(Cl)cc12. The van der Waals surface area contributed by atoms with Crippen molar-refractivity contribution in [3.63, 3.8) is 0 Å². The predicted molar refractivity (Wildman–Crippen MR) is 137 cm³/mol. The molecule has 0 aliphatic carbocycles. The van der Waals surface area contributed by atoms with E-state index in [2.05, 4.69) is 10.3 Å². The number of nitrogens with one attached hydrogen (secondary N) is 1. The number of likely N-dealkylation sites (tertiary alicyclic amines) is 1. The fraction of sp³-hybridized carbons (Fsp3) is 0.444. The second-order valence-electron chi connectivity index (χ2n) is 10.7. The highest BCUT2D eigenvalue weighted by Gasteiger charge is 2.57. The van der Waals surface area contributed by atoms with Gasteiger partial charge in [-0.2, -0.15) is 18.4 Å². The van der Waals surface area contributed by atoms with Gasteiger partial charge in [-0.15, -0.1) is 0 Å². The highest BCUT2D eigenvalue weighted by Crippen LogP contribution is 2.47. The number of carbonyl (C=O) groups excluding carboxylic acids is 3. The standard InChI is InChI=1S/C27H26ClF4N5O3/c1-25(2,29)12-20(36(3)22(38)10-16-5-4-6-21(34-16)27(30,31)32)23(39)37-14-26(11-17(37)13-33)18-9-15(28)7-8-19(18)35-24(26)40/h4-9,17,20H,10-12,14H2,1-3H3,(H,35,40)/t17?,20-,26-/m0/s1. The summed E-state index contributed by atoms with van der Waals surface area (Å²) in [5.74, 6) is -1.94. The van der Waals surface area contributed by atoms with Crippen molar-refractivity contribution in [2.75, 3.05) is 18.9 Å². The Kier molecular flexibility index (Phi) is 7.58. The van der Waals surface area contributed by atoms with E-state index in [0.717, 1.165) is 21.9 Å². The number of aromatic nitrogens is 1. The lowest BCUT2D eigenvalue weighted by atomic mass is 9.80. The van der Waals surface area contributed by atoms with Crippen molar-refractivity contribution in [1.82, 2.24) is 14.8 Å². The minimum absolute atomic E-state index is 0.0357. The van der Waals surface area contributed by atoms with Crippen molar-refractivity contribution in [2.45, 2.75) is 62.5 Å². The molecule has 1 unspecified atom stereocenters. The Morgan fingerprint density at radius 2 is 1.98 bits per heavy atom. The molecule has 1 aromatic heterocycles. The van der Waals surface area contributed by atoms with Crippen LogP contribution in [0.3, 0.4) is 0 Å². The van der Waals surface area contributed by atoms with Gasteiger partial charge in [0.2, 0.25) is 17.7 Å². The first-order valence-electron chi connectivity index (χ1n) is 12.3. The Morgan fingerprint density at radius 3 is 2.60 bits per heavy atom. The van der Waals surface area contributed by atoms with Gasteiger partial charge in [0.1, 0.15) is 23.4 Å². The van der Waals surface area contributed by atoms with Crippen LogP contribution in [0.5, 0.6) is 0 Å². The third-order valence-corrected chi connectivity index (χ3v) is 7.46. The lowest BCUT2D eigenvalue weighted by Gasteiger charge is -2.34. The molecular formula is C27H26ClF4N5O3. The molecule has 1 saturated heterocycles. The number of amides is 3. The maximum absolute atomic E-state index is 14.9. The minimum atomic E-state index is -4.71. The molecule has 2 aromatic rings. The van der Waals surface area contributed by atoms with Crippen LogP contribution in [0, 0.1) is 11.3 Å². The average molecular weight is 580 g/mol. The van der Waals surface area contributed by atoms with Gasteiger partial charge in [-0.05, 0) is 49.7 Å². The summed E-state index contributed by atoms with van der Waals surface area (Å²) < 4.78 is 54.2. The van der Waals surface area contributed by atoms with E-state index in [9.17, 15) is 37.2 Å². The Hall–Kier alpha value is -3.72. The number of rotatable bonds is 6. The van der Waals surface area contributed by atoms with E-state index < -0.39 is 65.6 Å². The van der Waals surface area contributed by atoms with Crippen LogP contribution in [0.4, 0.5) is 23.2 Å². The maximum atomic E-state index is 14.9. The van der Waals surface area contributed by atoms with Crippen LogP contribution in [0.2, 0.25) is 5.02 Å². The molecule has 8 nitrogen and oxygen atoms in total. The summed E-state index contributed by atoms with van der Waals surface area (Å²) in [6.45, 7) is 2.23. The number of hydrogen-bond acceptors (Lipinski definition) is 5. The molecule has 3 heterocycles. The first-order chi connectivity index (χ1) is 18.6. The van der Waals surface area contributed by atoms with Crippen LogP contribution < -0.4 is 5.32 Å². The fourth-order valence-electron chi connectivity index (χ4n) is 5.23. The monoisotopic (exact) mass is 579 g/mol. The summed E-state index contributed by atoms with van der Waals surface area (Å²) in [6.07, 6.45) is -5.78. The number of anilines is 1. The molecule has 0 bridgehead atoms. The Labute approximate surface area is 232 Å². The molecule has 0 radical (unpaired) electrons. The van der Waals surface area contributed by atoms with Gasteiger partial charge in [0.15, 0.2) is 0 Å². The first kappa shape index (κ1) is 29.3. The van der Waals surface area contributed by atoms with Crippen LogP contribution in [0.1, 0.15) is 43.6 Å². The summed E-state index contributed by atoms with van der Waals surface area (Å²) in [6, 6.07) is 7.50. The van der Waals surface area contributed by atoms with Gasteiger partial charge < -0.3 is 15.1 Å². The van der Waals surface area contributed by atoms with Gasteiger partial charge in [0.25, 0.3) is 0 Å². The van der Waals surface area contributed by atoms with Gasteiger partial charge in [-0.3, -0.25) is 14.4 Å². The van der Waals surface area contributed by atoms with Crippen molar-refractivity contribution in [3.8, 4) is 6.07 Å². The van der Waals surface area contributed by atoms with Gasteiger partial charge in [-0.25, -0.2) is 9.37 Å². The maximum Gasteiger partial charge on any atom is 0.433 e. The molecule has 2 aliphatic rings. The normalized spacial score (nSPS) is 21.1. The summed E-state index contributed by atoms with van der Waals surface area (Å²) in [5.41, 5.74) is -3.52. The van der Waals surface area contributed by atoms with Gasteiger partial charge in [-0.1, -0.05) is 17.7 Å². The molecule has 1 spiro atoms. The highest BCUT2D eigenvalue weighted by molar-refractivity contribution is 6.31. The third kappa shape index (κ3) is 5.61. The molecule has 13 heteroatoms. The van der Waals surface area contributed by atoms with Gasteiger partial charge in [0.05, 0.1) is 23.6 Å². The van der Waals surface area contributed by atoms with E-state index >= 15 is 0 Å². The summed E-state index contributed by atoms with van der Waals surface area (Å²) in [4.78, 5) is 45.8. The number of halogens is 5. The van der Waals surface area contributed by atoms with Crippen molar-refractivity contribution >= 4 is 35.0 Å². The minimum Gasteiger partial charge on any atom is -0.333 e. The fourth-order valence-corrected chi connectivity index (χ4v) is 5.40. The lowest BCUT2D eigenvalue weighted by molar-refractivity contribution is -0.146. The van der Waals surface area contributed by atoms with Crippen LogP contribution in [0.15, 0.2) is 36.4 Å². The lowest BCUT2D eigenvalue weighted by Crippen LogP contribution is -2.53. The molecule has 3 atom stereocenters. The molecule has 1 fully saturated rings. The summed E-state index contributed by atoms with van der Waals surface area (Å²) in [5, 5.41) is 13.0. The number of nitriles is 1. The van der Waals surface area contributed by atoms with E-state index in [4.69, 9.17) is 11.6 Å². The number of fused-ring (bicyclic) bond motifs is 2. The predicted octanol–water partition coefficient (Wildman–Crippen LogP) is 4.28. The van der Waals surface area contributed by atoms with Gasteiger partial charge >= 0.3 is 6.18 Å². The third-order valence-electron chi connectivity index (χ3n) is 7.22. The molecular weight excluding hydrogens is 554 g/mol. The van der Waals surface area contributed by atoms with Crippen molar-refractivity contribution < 1.29 is 31.9 Å². The number of benzene rings is 1. The number of nitrogens with zero attached hydrogens (tertiary/aromatic N) is 4. The van der Waals surface area contributed by atoms with Crippen LogP contribution in [-0.2, 0) is 32.4 Å². The largest absolute Gasteiger partial charge is 0.433 e. The molecule has 1 aromatic carbocycles. The van der Waals surface area contributed by atoms with E-state index in [1.165, 1.54) is 27.0 Å². The van der Waals surface area contributed by atoms with Crippen LogP contribution >= 0.6 is 11.6 Å². The van der Waals surface area contributed by atoms with Gasteiger partial charge in [0, 0.05) is 37.1 Å². The quantitative estimate of drug-likeness (QED) is 0.514. The van der Waals surface area contributed by atoms with Crippen molar-refractivity contribution in [1.29, 1.82) is 5.26 Å². The van der Waals surface area contributed by atoms with Crippen molar-refractivity contribution in [3.05, 3.63) is 58.4 Å². The number of alkyl halides is 4. The molecule has 4 rings (SSSR count). The number of carbonyl (C=O) groups is 3. The second-order valence-corrected chi connectivity index (χ2v) is 11.1. The number of hydrogen-bond donors (Lipinski definition) is 1. The molecule has 212 valence electrons. The molecule has 1 N–H and O–H groups in total. The smallest absolute Gasteiger partial charge is 0.333 e. The topological polar surface area (TPSA) is 106 Å². The molecule has 3 amide bonds. The van der Waals surface area contributed by atoms with Crippen LogP contribution in [-0.4, -0.2) is 63.9 Å². The van der Waals surface area contributed by atoms with E-state index in [0.29, 0.717) is 16.3 Å². The van der Waals surface area contributed by atoms with Crippen LogP contribution in [0.25, 0.3) is 0 Å². The highest BCUT2D eigenvalue weighted by atomic mass is 35.5. The van der Waals surface area contributed by atoms with E-state index in [1.54, 1.807) is 18.2 Å². The molecule has 2 aliphatic heterocycles. The van der Waals surface area contributed by atoms with E-state index in [1.807, 2.05) is 6.07 Å². The number of pyridine rings is 1. The number of likely N-dealkylation sites (N-methyl/N-ethyl adjacent to an activating group) is 1. The Bertz CT molecular complexity index is 1400. The van der Waals surface area contributed by atoms with Crippen molar-refractivity contribution in [2.24, 2.45) is 0 Å². The zero-order valence-electron chi connectivity index (χ0n) is 21.9.